The Morgan fingerprint density at radius 3 is 2.76 bits per heavy atom. The summed E-state index contributed by atoms with van der Waals surface area (Å²) in [5.74, 6) is 0. The van der Waals surface area contributed by atoms with E-state index in [1.165, 1.54) is 12.1 Å². The van der Waals surface area contributed by atoms with Gasteiger partial charge < -0.3 is 10.0 Å². The molecule has 21 heavy (non-hydrogen) atoms. The second kappa shape index (κ2) is 6.47. The molecule has 2 rings (SSSR count). The highest BCUT2D eigenvalue weighted by atomic mass is 19.4. The van der Waals surface area contributed by atoms with Gasteiger partial charge >= 0.3 is 6.18 Å². The molecule has 0 aromatic heterocycles. The molecule has 0 aliphatic carbocycles. The van der Waals surface area contributed by atoms with Crippen LogP contribution in [0.25, 0.3) is 0 Å². The van der Waals surface area contributed by atoms with Crippen LogP contribution in [0.1, 0.15) is 41.6 Å². The quantitative estimate of drug-likeness (QED) is 0.849. The van der Waals surface area contributed by atoms with Crippen LogP contribution in [0.2, 0.25) is 0 Å². The van der Waals surface area contributed by atoms with Crippen molar-refractivity contribution in [1.82, 2.24) is 0 Å². The minimum absolute atomic E-state index is 0.0142. The van der Waals surface area contributed by atoms with E-state index in [0.29, 0.717) is 25.7 Å². The fourth-order valence-electron chi connectivity index (χ4n) is 2.88. The Labute approximate surface area is 121 Å². The van der Waals surface area contributed by atoms with E-state index >= 15 is 0 Å². The normalized spacial score (nSPS) is 19.0. The average Bonchev–Trinajstić information content (AvgIpc) is 2.91. The average molecular weight is 301 g/mol. The van der Waals surface area contributed by atoms with Crippen LogP contribution in [-0.2, 0) is 6.18 Å². The third kappa shape index (κ3) is 3.56. The topological polar surface area (TPSA) is 40.5 Å². The van der Waals surface area contributed by atoms with E-state index in [9.17, 15) is 18.0 Å². The summed E-state index contributed by atoms with van der Waals surface area (Å²) in [6.07, 6.45) is -1.15. The molecule has 6 heteroatoms. The van der Waals surface area contributed by atoms with Crippen LogP contribution in [0.3, 0.4) is 0 Å². The van der Waals surface area contributed by atoms with Crippen molar-refractivity contribution in [3.05, 3.63) is 29.3 Å². The molecule has 0 saturated carbocycles. The van der Waals surface area contributed by atoms with Crippen molar-refractivity contribution in [3.63, 3.8) is 0 Å². The molecule has 1 aromatic rings. The number of nitrogens with zero attached hydrogens (tertiary/aromatic N) is 1. The molecule has 1 N–H and O–H groups in total. The van der Waals surface area contributed by atoms with Gasteiger partial charge in [0.2, 0.25) is 0 Å². The number of rotatable bonds is 5. The van der Waals surface area contributed by atoms with Crippen LogP contribution in [0.15, 0.2) is 18.2 Å². The Kier molecular flexibility index (Phi) is 4.88. The summed E-state index contributed by atoms with van der Waals surface area (Å²) >= 11 is 0. The van der Waals surface area contributed by atoms with Crippen LogP contribution in [0.4, 0.5) is 18.9 Å². The van der Waals surface area contributed by atoms with Crippen molar-refractivity contribution >= 4 is 12.0 Å². The number of carbonyl (C=O) groups excluding carboxylic acids is 1. The Morgan fingerprint density at radius 2 is 2.14 bits per heavy atom. The first-order valence-electron chi connectivity index (χ1n) is 7.01. The Balaban J connectivity index is 2.35. The third-order valence-electron chi connectivity index (χ3n) is 3.84. The maximum absolute atomic E-state index is 13.2. The van der Waals surface area contributed by atoms with Gasteiger partial charge in [-0.3, -0.25) is 4.79 Å². The number of aldehydes is 1. The van der Waals surface area contributed by atoms with Crippen LogP contribution < -0.4 is 4.90 Å². The van der Waals surface area contributed by atoms with Gasteiger partial charge in [-0.25, -0.2) is 0 Å². The van der Waals surface area contributed by atoms with E-state index in [1.807, 2.05) is 0 Å². The SMILES string of the molecule is O=Cc1ccc(N2CCCC2CCCO)c(C(F)(F)F)c1. The summed E-state index contributed by atoms with van der Waals surface area (Å²) < 4.78 is 39.6. The van der Waals surface area contributed by atoms with Crippen molar-refractivity contribution in [1.29, 1.82) is 0 Å². The van der Waals surface area contributed by atoms with Crippen LogP contribution >= 0.6 is 0 Å². The first-order chi connectivity index (χ1) is 9.97. The zero-order valence-electron chi connectivity index (χ0n) is 11.6. The molecule has 1 aromatic carbocycles. The third-order valence-corrected chi connectivity index (χ3v) is 3.84. The van der Waals surface area contributed by atoms with Crippen molar-refractivity contribution in [3.8, 4) is 0 Å². The number of aliphatic hydroxyl groups excluding tert-OH is 1. The summed E-state index contributed by atoms with van der Waals surface area (Å²) in [6, 6.07) is 3.72. The number of hydrogen-bond donors (Lipinski definition) is 1. The van der Waals surface area contributed by atoms with Crippen LogP contribution in [0, 0.1) is 0 Å². The lowest BCUT2D eigenvalue weighted by molar-refractivity contribution is -0.137. The Morgan fingerprint density at radius 1 is 1.38 bits per heavy atom. The summed E-state index contributed by atoms with van der Waals surface area (Å²) in [5, 5.41) is 8.90. The molecule has 0 spiro atoms. The molecule has 1 aliphatic rings. The van der Waals surface area contributed by atoms with Crippen molar-refractivity contribution in [2.75, 3.05) is 18.1 Å². The number of halogens is 3. The van der Waals surface area contributed by atoms with Crippen molar-refractivity contribution < 1.29 is 23.1 Å². The number of benzene rings is 1. The maximum atomic E-state index is 13.2. The molecular formula is C15H18F3NO2. The van der Waals surface area contributed by atoms with E-state index in [2.05, 4.69) is 0 Å². The van der Waals surface area contributed by atoms with Gasteiger partial charge in [-0.05, 0) is 43.9 Å². The van der Waals surface area contributed by atoms with Crippen molar-refractivity contribution in [2.24, 2.45) is 0 Å². The van der Waals surface area contributed by atoms with E-state index in [4.69, 9.17) is 5.11 Å². The molecule has 3 nitrogen and oxygen atoms in total. The fourth-order valence-corrected chi connectivity index (χ4v) is 2.88. The standard InChI is InChI=1S/C15H18F3NO2/c16-15(17,18)13-9-11(10-21)5-6-14(13)19-7-1-3-12(19)4-2-8-20/h5-6,9-10,12,20H,1-4,7-8H2. The van der Waals surface area contributed by atoms with Gasteiger partial charge in [0.1, 0.15) is 6.29 Å². The van der Waals surface area contributed by atoms with Crippen LogP contribution in [-0.4, -0.2) is 30.6 Å². The number of aliphatic hydroxyl groups is 1. The lowest BCUT2D eigenvalue weighted by Gasteiger charge is -2.29. The molecule has 1 unspecified atom stereocenters. The first-order valence-corrected chi connectivity index (χ1v) is 7.01. The monoisotopic (exact) mass is 301 g/mol. The van der Waals surface area contributed by atoms with Crippen LogP contribution in [0.5, 0.6) is 0 Å². The van der Waals surface area contributed by atoms with Gasteiger partial charge in [0.05, 0.1) is 5.56 Å². The zero-order chi connectivity index (χ0) is 15.5. The van der Waals surface area contributed by atoms with E-state index in [-0.39, 0.29) is 23.9 Å². The van der Waals surface area contributed by atoms with E-state index in [1.54, 1.807) is 4.90 Å². The Hall–Kier alpha value is -1.56. The number of alkyl halides is 3. The molecule has 0 radical (unpaired) electrons. The second-order valence-corrected chi connectivity index (χ2v) is 5.25. The zero-order valence-corrected chi connectivity index (χ0v) is 11.6. The molecule has 0 amide bonds. The molecule has 1 atom stereocenters. The number of carbonyl (C=O) groups is 1. The molecule has 116 valence electrons. The minimum atomic E-state index is -4.49. The number of hydrogen-bond acceptors (Lipinski definition) is 3. The first kappa shape index (κ1) is 15.8. The van der Waals surface area contributed by atoms with Gasteiger partial charge in [-0.1, -0.05) is 0 Å². The molecule has 0 bridgehead atoms. The number of anilines is 1. The van der Waals surface area contributed by atoms with Gasteiger partial charge in [-0.2, -0.15) is 13.2 Å². The molecule has 1 saturated heterocycles. The minimum Gasteiger partial charge on any atom is -0.396 e. The molecule has 1 fully saturated rings. The van der Waals surface area contributed by atoms with Gasteiger partial charge in [0, 0.05) is 30.4 Å². The highest BCUT2D eigenvalue weighted by molar-refractivity contribution is 5.77. The van der Waals surface area contributed by atoms with Gasteiger partial charge in [-0.15, -0.1) is 0 Å². The highest BCUT2D eigenvalue weighted by Gasteiger charge is 2.37. The summed E-state index contributed by atoms with van der Waals surface area (Å²) in [5.41, 5.74) is -0.603. The van der Waals surface area contributed by atoms with Gasteiger partial charge in [0.25, 0.3) is 0 Å². The summed E-state index contributed by atoms with van der Waals surface area (Å²) in [6.45, 7) is 0.611. The highest BCUT2D eigenvalue weighted by Crippen LogP contribution is 2.40. The van der Waals surface area contributed by atoms with Crippen molar-refractivity contribution in [2.45, 2.75) is 37.9 Å². The lowest BCUT2D eigenvalue weighted by Crippen LogP contribution is -2.31. The maximum Gasteiger partial charge on any atom is 0.418 e. The van der Waals surface area contributed by atoms with Gasteiger partial charge in [0.15, 0.2) is 0 Å². The molecule has 1 heterocycles. The predicted octanol–water partition coefficient (Wildman–Crippen LogP) is 3.26. The lowest BCUT2D eigenvalue weighted by atomic mass is 10.0. The largest absolute Gasteiger partial charge is 0.418 e. The Bertz CT molecular complexity index is 502. The predicted molar refractivity (Wildman–Crippen MR) is 73.5 cm³/mol. The summed E-state index contributed by atoms with van der Waals surface area (Å²) in [7, 11) is 0. The fraction of sp³-hybridized carbons (Fsp3) is 0.533. The van der Waals surface area contributed by atoms with E-state index in [0.717, 1.165) is 18.9 Å². The summed E-state index contributed by atoms with van der Waals surface area (Å²) in [4.78, 5) is 12.5. The second-order valence-electron chi connectivity index (χ2n) is 5.25. The van der Waals surface area contributed by atoms with E-state index < -0.39 is 11.7 Å². The molecular weight excluding hydrogens is 283 g/mol. The smallest absolute Gasteiger partial charge is 0.396 e. The molecule has 1 aliphatic heterocycles.